The third-order valence-corrected chi connectivity index (χ3v) is 4.18. The molecule has 0 saturated heterocycles. The molecule has 0 bridgehead atoms. The summed E-state index contributed by atoms with van der Waals surface area (Å²) in [5, 5.41) is 0. The van der Waals surface area contributed by atoms with Gasteiger partial charge in [-0.25, -0.2) is 19.2 Å². The van der Waals surface area contributed by atoms with Crippen LogP contribution < -0.4 is 5.56 Å². The molecule has 0 amide bonds. The maximum atomic E-state index is 13.1. The van der Waals surface area contributed by atoms with Gasteiger partial charge >= 0.3 is 5.97 Å². The molecule has 4 aromatic rings. The van der Waals surface area contributed by atoms with Crippen LogP contribution in [0.3, 0.4) is 0 Å². The van der Waals surface area contributed by atoms with Crippen LogP contribution >= 0.6 is 0 Å². The Balaban J connectivity index is 2.00. The first kappa shape index (κ1) is 15.1. The number of carbonyl (C=O) groups excluding carboxylic acids is 1. The fraction of sp³-hybridized carbons (Fsp3) is 0.176. The maximum Gasteiger partial charge on any atom is 0.356 e. The highest BCUT2D eigenvalue weighted by Crippen LogP contribution is 2.14. The Morgan fingerprint density at radius 3 is 2.68 bits per heavy atom. The zero-order chi connectivity index (χ0) is 17.6. The second kappa shape index (κ2) is 5.59. The predicted octanol–water partition coefficient (Wildman–Crippen LogP) is 1.22. The van der Waals surface area contributed by atoms with E-state index in [0.717, 1.165) is 5.56 Å². The van der Waals surface area contributed by atoms with Gasteiger partial charge in [0.25, 0.3) is 5.56 Å². The number of carbonyl (C=O) groups is 1. The summed E-state index contributed by atoms with van der Waals surface area (Å²) in [6, 6.07) is 9.77. The van der Waals surface area contributed by atoms with Gasteiger partial charge < -0.3 is 9.30 Å². The topological polar surface area (TPSA) is 83.4 Å². The molecule has 3 aromatic heterocycles. The second-order valence-corrected chi connectivity index (χ2v) is 5.66. The first-order valence-corrected chi connectivity index (χ1v) is 7.65. The lowest BCUT2D eigenvalue weighted by Gasteiger charge is -2.07. The fourth-order valence-electron chi connectivity index (χ4n) is 2.96. The largest absolute Gasteiger partial charge is 0.464 e. The molecule has 8 nitrogen and oxygen atoms in total. The molecule has 0 aliphatic carbocycles. The number of rotatable bonds is 3. The Morgan fingerprint density at radius 1 is 1.20 bits per heavy atom. The van der Waals surface area contributed by atoms with Gasteiger partial charge in [-0.2, -0.15) is 0 Å². The summed E-state index contributed by atoms with van der Waals surface area (Å²) in [5.41, 5.74) is 1.70. The molecular formula is C17H15N5O3. The van der Waals surface area contributed by atoms with Gasteiger partial charge in [-0.1, -0.05) is 30.3 Å². The van der Waals surface area contributed by atoms with Crippen molar-refractivity contribution < 1.29 is 9.53 Å². The van der Waals surface area contributed by atoms with E-state index < -0.39 is 5.97 Å². The monoisotopic (exact) mass is 337 g/mol. The number of hydrogen-bond donors (Lipinski definition) is 0. The average molecular weight is 337 g/mol. The molecular weight excluding hydrogens is 322 g/mol. The normalized spacial score (nSPS) is 11.3. The van der Waals surface area contributed by atoms with Crippen molar-refractivity contribution in [2.24, 2.45) is 7.05 Å². The zero-order valence-corrected chi connectivity index (χ0v) is 13.7. The minimum atomic E-state index is -0.613. The van der Waals surface area contributed by atoms with Crippen LogP contribution in [-0.4, -0.2) is 36.6 Å². The summed E-state index contributed by atoms with van der Waals surface area (Å²) < 4.78 is 9.46. The molecule has 0 N–H and O–H groups in total. The highest BCUT2D eigenvalue weighted by atomic mass is 16.5. The Kier molecular flexibility index (Phi) is 3.38. The lowest BCUT2D eigenvalue weighted by molar-refractivity contribution is 0.0592. The molecule has 0 saturated carbocycles. The Labute approximate surface area is 141 Å². The Morgan fingerprint density at radius 2 is 1.96 bits per heavy atom. The molecule has 0 unspecified atom stereocenters. The van der Waals surface area contributed by atoms with Crippen molar-refractivity contribution >= 4 is 22.9 Å². The van der Waals surface area contributed by atoms with E-state index in [9.17, 15) is 9.59 Å². The van der Waals surface area contributed by atoms with E-state index >= 15 is 0 Å². The van der Waals surface area contributed by atoms with Gasteiger partial charge in [0.2, 0.25) is 5.78 Å². The summed E-state index contributed by atoms with van der Waals surface area (Å²) in [7, 11) is 3.02. The summed E-state index contributed by atoms with van der Waals surface area (Å²) in [5.74, 6) is -0.277. The lowest BCUT2D eigenvalue weighted by atomic mass is 10.2. The quantitative estimate of drug-likeness (QED) is 0.525. The number of fused-ring (bicyclic) bond motifs is 2. The van der Waals surface area contributed by atoms with Crippen molar-refractivity contribution in [3.05, 3.63) is 64.5 Å². The third kappa shape index (κ3) is 2.22. The highest BCUT2D eigenvalue weighted by Gasteiger charge is 2.21. The summed E-state index contributed by atoms with van der Waals surface area (Å²) >= 11 is 0. The smallest absolute Gasteiger partial charge is 0.356 e. The molecule has 126 valence electrons. The number of hydrogen-bond acceptors (Lipinski definition) is 5. The molecule has 8 heteroatoms. The van der Waals surface area contributed by atoms with Gasteiger partial charge in [-0.05, 0) is 5.56 Å². The summed E-state index contributed by atoms with van der Waals surface area (Å²) in [4.78, 5) is 33.5. The third-order valence-electron chi connectivity index (χ3n) is 4.18. The number of esters is 1. The number of aryl methyl sites for hydroxylation is 1. The Bertz CT molecular complexity index is 1150. The second-order valence-electron chi connectivity index (χ2n) is 5.66. The minimum absolute atomic E-state index is 0.0902. The van der Waals surface area contributed by atoms with E-state index in [1.807, 2.05) is 30.3 Å². The van der Waals surface area contributed by atoms with E-state index in [1.54, 1.807) is 22.5 Å². The minimum Gasteiger partial charge on any atom is -0.464 e. The van der Waals surface area contributed by atoms with Crippen molar-refractivity contribution in [1.82, 2.24) is 23.5 Å². The first-order chi connectivity index (χ1) is 12.1. The Hall–Kier alpha value is -3.42. The van der Waals surface area contributed by atoms with Gasteiger partial charge in [0.1, 0.15) is 0 Å². The van der Waals surface area contributed by atoms with Crippen LogP contribution in [0, 0.1) is 0 Å². The SMILES string of the molecule is COC(=O)c1cnc2n(C)c3ncn(Cc4ccccc4)c3c(=O)n12. The zero-order valence-electron chi connectivity index (χ0n) is 13.7. The van der Waals surface area contributed by atoms with Crippen LogP contribution in [0.2, 0.25) is 0 Å². The number of ether oxygens (including phenoxy) is 1. The van der Waals surface area contributed by atoms with Gasteiger partial charge in [0.15, 0.2) is 16.9 Å². The van der Waals surface area contributed by atoms with Crippen molar-refractivity contribution in [3.63, 3.8) is 0 Å². The standard InChI is InChI=1S/C17H15N5O3/c1-20-14-13(21(10-19-14)9-11-6-4-3-5-7-11)15(23)22-12(16(24)25-2)8-18-17(20)22/h3-8,10H,9H2,1-2H3. The number of nitrogens with zero attached hydrogens (tertiary/aromatic N) is 5. The van der Waals surface area contributed by atoms with Gasteiger partial charge in [0, 0.05) is 13.6 Å². The van der Waals surface area contributed by atoms with Crippen LogP contribution in [0.5, 0.6) is 0 Å². The van der Waals surface area contributed by atoms with Crippen molar-refractivity contribution in [2.45, 2.75) is 6.54 Å². The number of aromatic nitrogens is 5. The first-order valence-electron chi connectivity index (χ1n) is 7.65. The number of imidazole rings is 2. The molecule has 0 atom stereocenters. The van der Waals surface area contributed by atoms with E-state index in [-0.39, 0.29) is 11.3 Å². The van der Waals surface area contributed by atoms with Crippen molar-refractivity contribution in [2.75, 3.05) is 7.11 Å². The van der Waals surface area contributed by atoms with Crippen LogP contribution in [0.25, 0.3) is 16.9 Å². The predicted molar refractivity (Wildman–Crippen MR) is 90.6 cm³/mol. The molecule has 0 spiro atoms. The molecule has 1 aromatic carbocycles. The number of benzene rings is 1. The summed E-state index contributed by atoms with van der Waals surface area (Å²) in [6.07, 6.45) is 2.96. The van der Waals surface area contributed by atoms with Gasteiger partial charge in [-0.3, -0.25) is 9.36 Å². The van der Waals surface area contributed by atoms with Crippen molar-refractivity contribution in [3.8, 4) is 0 Å². The van der Waals surface area contributed by atoms with E-state index in [2.05, 4.69) is 9.97 Å². The van der Waals surface area contributed by atoms with Crippen LogP contribution in [-0.2, 0) is 18.3 Å². The van der Waals surface area contributed by atoms with E-state index in [0.29, 0.717) is 23.5 Å². The maximum absolute atomic E-state index is 13.1. The lowest BCUT2D eigenvalue weighted by Crippen LogP contribution is -2.23. The van der Waals surface area contributed by atoms with Crippen LogP contribution in [0.1, 0.15) is 16.1 Å². The molecule has 0 radical (unpaired) electrons. The molecule has 4 rings (SSSR count). The number of methoxy groups -OCH3 is 1. The van der Waals surface area contributed by atoms with E-state index in [4.69, 9.17) is 4.74 Å². The fourth-order valence-corrected chi connectivity index (χ4v) is 2.96. The average Bonchev–Trinajstić information content (AvgIpc) is 3.25. The van der Waals surface area contributed by atoms with Crippen molar-refractivity contribution in [1.29, 1.82) is 0 Å². The van der Waals surface area contributed by atoms with Gasteiger partial charge in [-0.15, -0.1) is 0 Å². The molecule has 25 heavy (non-hydrogen) atoms. The molecule has 0 aliphatic heterocycles. The van der Waals surface area contributed by atoms with Gasteiger partial charge in [0.05, 0.1) is 19.6 Å². The van der Waals surface area contributed by atoms with E-state index in [1.165, 1.54) is 17.7 Å². The highest BCUT2D eigenvalue weighted by molar-refractivity contribution is 5.89. The molecule has 3 heterocycles. The van der Waals surface area contributed by atoms with Crippen LogP contribution in [0.4, 0.5) is 0 Å². The molecule has 0 fully saturated rings. The molecule has 0 aliphatic rings. The van der Waals surface area contributed by atoms with Crippen LogP contribution in [0.15, 0.2) is 47.7 Å². The summed E-state index contributed by atoms with van der Waals surface area (Å²) in [6.45, 7) is 0.500.